The summed E-state index contributed by atoms with van der Waals surface area (Å²) in [5.41, 5.74) is -1.40. The van der Waals surface area contributed by atoms with Crippen LogP contribution in [0.2, 0.25) is 0 Å². The Morgan fingerprint density at radius 3 is 2.27 bits per heavy atom. The van der Waals surface area contributed by atoms with Crippen LogP contribution in [-0.2, 0) is 4.74 Å². The van der Waals surface area contributed by atoms with Crippen LogP contribution in [0.15, 0.2) is 24.6 Å². The monoisotopic (exact) mass is 220 g/mol. The second-order valence-electron chi connectivity index (χ2n) is 3.73. The van der Waals surface area contributed by atoms with Gasteiger partial charge in [-0.05, 0) is 12.8 Å². The highest BCUT2D eigenvalue weighted by molar-refractivity contribution is 5.12. The van der Waals surface area contributed by atoms with Gasteiger partial charge >= 0.3 is 6.08 Å². The molecule has 0 saturated heterocycles. The van der Waals surface area contributed by atoms with Crippen LogP contribution in [0.1, 0.15) is 32.1 Å². The molecule has 0 aromatic rings. The molecule has 1 saturated carbocycles. The molecule has 0 heterocycles. The van der Waals surface area contributed by atoms with Crippen LogP contribution in [0.3, 0.4) is 0 Å². The van der Waals surface area contributed by atoms with Crippen LogP contribution < -0.4 is 0 Å². The summed E-state index contributed by atoms with van der Waals surface area (Å²) >= 11 is 0. The Bertz CT molecular complexity index is 251. The lowest BCUT2D eigenvalue weighted by Crippen LogP contribution is -2.36. The first-order chi connectivity index (χ1) is 7.12. The molecule has 86 valence electrons. The number of halogens is 3. The molecule has 15 heavy (non-hydrogen) atoms. The molecule has 0 aromatic carbocycles. The summed E-state index contributed by atoms with van der Waals surface area (Å²) in [7, 11) is 0. The average molecular weight is 220 g/mol. The zero-order valence-electron chi connectivity index (χ0n) is 8.57. The minimum atomic E-state index is -2.26. The molecule has 0 aromatic heterocycles. The lowest BCUT2D eigenvalue weighted by molar-refractivity contribution is -0.0475. The molecular formula is C11H15F3O. The van der Waals surface area contributed by atoms with Gasteiger partial charge < -0.3 is 4.74 Å². The van der Waals surface area contributed by atoms with Gasteiger partial charge in [0.25, 0.3) is 0 Å². The molecule has 0 atom stereocenters. The van der Waals surface area contributed by atoms with Crippen molar-refractivity contribution in [3.8, 4) is 0 Å². The van der Waals surface area contributed by atoms with Gasteiger partial charge in [-0.1, -0.05) is 25.3 Å². The predicted octanol–water partition coefficient (Wildman–Crippen LogP) is 3.97. The molecule has 1 aliphatic rings. The van der Waals surface area contributed by atoms with Gasteiger partial charge in [0.15, 0.2) is 5.83 Å². The topological polar surface area (TPSA) is 9.23 Å². The largest absolute Gasteiger partial charge is 0.364 e. The molecule has 4 heteroatoms. The van der Waals surface area contributed by atoms with Crippen LogP contribution in [0.5, 0.6) is 0 Å². The molecule has 1 fully saturated rings. The maximum Gasteiger partial charge on any atom is 0.304 e. The molecule has 0 amide bonds. The fraction of sp³-hybridized carbons (Fsp3) is 0.636. The first-order valence-electron chi connectivity index (χ1n) is 5.08. The van der Waals surface area contributed by atoms with Crippen LogP contribution >= 0.6 is 0 Å². The van der Waals surface area contributed by atoms with E-state index in [4.69, 9.17) is 4.74 Å². The summed E-state index contributed by atoms with van der Waals surface area (Å²) in [6, 6.07) is 0. The Labute approximate surface area is 87.6 Å². The van der Waals surface area contributed by atoms with E-state index in [1.165, 1.54) is 6.08 Å². The van der Waals surface area contributed by atoms with Crippen LogP contribution in [-0.4, -0.2) is 12.2 Å². The molecule has 0 aliphatic heterocycles. The van der Waals surface area contributed by atoms with Crippen LogP contribution in [0.25, 0.3) is 0 Å². The Kier molecular flexibility index (Phi) is 4.39. The molecular weight excluding hydrogens is 205 g/mol. The lowest BCUT2D eigenvalue weighted by atomic mass is 9.83. The maximum absolute atomic E-state index is 13.4. The molecule has 0 unspecified atom stereocenters. The van der Waals surface area contributed by atoms with E-state index in [0.717, 1.165) is 19.3 Å². The molecule has 0 spiro atoms. The highest BCUT2D eigenvalue weighted by Gasteiger charge is 2.40. The zero-order valence-corrected chi connectivity index (χ0v) is 8.57. The van der Waals surface area contributed by atoms with Crippen molar-refractivity contribution in [2.24, 2.45) is 0 Å². The maximum atomic E-state index is 13.4. The van der Waals surface area contributed by atoms with E-state index >= 15 is 0 Å². The second kappa shape index (κ2) is 5.35. The molecule has 1 rings (SSSR count). The summed E-state index contributed by atoms with van der Waals surface area (Å²) in [5.74, 6) is -1.40. The molecule has 0 bridgehead atoms. The van der Waals surface area contributed by atoms with Crippen LogP contribution in [0.4, 0.5) is 13.2 Å². The van der Waals surface area contributed by atoms with E-state index in [-0.39, 0.29) is 6.61 Å². The quantitative estimate of drug-likeness (QED) is 0.651. The van der Waals surface area contributed by atoms with E-state index < -0.39 is 17.5 Å². The Morgan fingerprint density at radius 1 is 1.20 bits per heavy atom. The van der Waals surface area contributed by atoms with Gasteiger partial charge in [-0.3, -0.25) is 0 Å². The van der Waals surface area contributed by atoms with Gasteiger partial charge in [-0.15, -0.1) is 6.58 Å². The van der Waals surface area contributed by atoms with Crippen LogP contribution in [0, 0.1) is 0 Å². The summed E-state index contributed by atoms with van der Waals surface area (Å²) in [4.78, 5) is 0. The molecule has 1 nitrogen and oxygen atoms in total. The number of hydrogen-bond donors (Lipinski definition) is 0. The number of hydrogen-bond acceptors (Lipinski definition) is 1. The minimum Gasteiger partial charge on any atom is -0.364 e. The highest BCUT2D eigenvalue weighted by atomic mass is 19.3. The molecule has 0 radical (unpaired) electrons. The van der Waals surface area contributed by atoms with Gasteiger partial charge in [-0.25, -0.2) is 4.39 Å². The van der Waals surface area contributed by atoms with Crippen molar-refractivity contribution >= 4 is 0 Å². The smallest absolute Gasteiger partial charge is 0.304 e. The van der Waals surface area contributed by atoms with Crippen molar-refractivity contribution in [3.63, 3.8) is 0 Å². The Morgan fingerprint density at radius 2 is 1.80 bits per heavy atom. The minimum absolute atomic E-state index is 0.0979. The van der Waals surface area contributed by atoms with Gasteiger partial charge in [0.2, 0.25) is 0 Å². The third-order valence-electron chi connectivity index (χ3n) is 2.70. The SMILES string of the molecule is C=CCOC1(C(F)=C(F)F)CCCCC1. The lowest BCUT2D eigenvalue weighted by Gasteiger charge is -2.34. The summed E-state index contributed by atoms with van der Waals surface area (Å²) in [5, 5.41) is 0. The van der Waals surface area contributed by atoms with E-state index in [9.17, 15) is 13.2 Å². The van der Waals surface area contributed by atoms with Gasteiger partial charge in [0.1, 0.15) is 5.60 Å². The highest BCUT2D eigenvalue weighted by Crippen LogP contribution is 2.40. The van der Waals surface area contributed by atoms with Crippen molar-refractivity contribution in [1.29, 1.82) is 0 Å². The van der Waals surface area contributed by atoms with Crippen molar-refractivity contribution in [2.75, 3.05) is 6.61 Å². The standard InChI is InChI=1S/C11H15F3O/c1-2-8-15-11(9(12)10(13)14)6-4-3-5-7-11/h2H,1,3-8H2. The van der Waals surface area contributed by atoms with E-state index in [1.807, 2.05) is 0 Å². The fourth-order valence-electron chi connectivity index (χ4n) is 1.94. The Balaban J connectivity index is 2.84. The van der Waals surface area contributed by atoms with E-state index in [0.29, 0.717) is 12.8 Å². The zero-order chi connectivity index (χ0) is 11.3. The number of rotatable bonds is 4. The number of ether oxygens (including phenoxy) is 1. The third kappa shape index (κ3) is 2.84. The fourth-order valence-corrected chi connectivity index (χ4v) is 1.94. The second-order valence-corrected chi connectivity index (χ2v) is 3.73. The van der Waals surface area contributed by atoms with E-state index in [1.54, 1.807) is 0 Å². The summed E-state index contributed by atoms with van der Waals surface area (Å²) in [6.07, 6.45) is 2.21. The van der Waals surface area contributed by atoms with Crippen molar-refractivity contribution in [3.05, 3.63) is 24.6 Å². The van der Waals surface area contributed by atoms with Gasteiger partial charge in [-0.2, -0.15) is 8.78 Å². The molecule has 0 N–H and O–H groups in total. The Hall–Kier alpha value is -0.770. The summed E-state index contributed by atoms with van der Waals surface area (Å²) < 4.78 is 43.1. The van der Waals surface area contributed by atoms with Crippen molar-refractivity contribution in [2.45, 2.75) is 37.7 Å². The first kappa shape index (κ1) is 12.3. The molecule has 1 aliphatic carbocycles. The average Bonchev–Trinajstić information content (AvgIpc) is 2.26. The predicted molar refractivity (Wildman–Crippen MR) is 52.3 cm³/mol. The first-order valence-corrected chi connectivity index (χ1v) is 5.08. The van der Waals surface area contributed by atoms with E-state index in [2.05, 4.69) is 6.58 Å². The van der Waals surface area contributed by atoms with Crippen molar-refractivity contribution < 1.29 is 17.9 Å². The normalized spacial score (nSPS) is 19.7. The van der Waals surface area contributed by atoms with Gasteiger partial charge in [0, 0.05) is 0 Å². The third-order valence-corrected chi connectivity index (χ3v) is 2.70. The van der Waals surface area contributed by atoms with Crippen molar-refractivity contribution in [1.82, 2.24) is 0 Å². The summed E-state index contributed by atoms with van der Waals surface area (Å²) in [6.45, 7) is 3.53. The van der Waals surface area contributed by atoms with Gasteiger partial charge in [0.05, 0.1) is 6.61 Å².